The third-order valence-electron chi connectivity index (χ3n) is 1.81. The molecule has 1 fully saturated rings. The lowest BCUT2D eigenvalue weighted by molar-refractivity contribution is -0.289. The minimum atomic E-state index is -2.30. The van der Waals surface area contributed by atoms with Crippen LogP contribution in [-0.4, -0.2) is 41.4 Å². The Bertz CT molecular complexity index is 365. The van der Waals surface area contributed by atoms with Crippen molar-refractivity contribution in [2.45, 2.75) is 38.6 Å². The highest BCUT2D eigenvalue weighted by Gasteiger charge is 2.52. The number of cyclic esters (lactones) is 2. The fourth-order valence-electron chi connectivity index (χ4n) is 1.18. The summed E-state index contributed by atoms with van der Waals surface area (Å²) in [7, 11) is 0. The maximum atomic E-state index is 11.9. The van der Waals surface area contributed by atoms with Crippen molar-refractivity contribution in [2.24, 2.45) is 0 Å². The Labute approximate surface area is 103 Å². The molecule has 1 unspecified atom stereocenters. The third kappa shape index (κ3) is 3.59. The Morgan fingerprint density at radius 3 is 2.50 bits per heavy atom. The normalized spacial score (nSPS) is 23.8. The second kappa shape index (κ2) is 4.81. The van der Waals surface area contributed by atoms with Crippen LogP contribution < -0.4 is 0 Å². The first-order chi connectivity index (χ1) is 8.15. The van der Waals surface area contributed by atoms with E-state index in [4.69, 9.17) is 14.6 Å². The molecule has 0 aromatic heterocycles. The predicted octanol–water partition coefficient (Wildman–Crippen LogP) is 0.640. The molecule has 8 nitrogen and oxygen atoms in total. The van der Waals surface area contributed by atoms with Crippen molar-refractivity contribution in [3.63, 3.8) is 0 Å². The number of esters is 1. The molecule has 0 aliphatic carbocycles. The van der Waals surface area contributed by atoms with Crippen LogP contribution in [0.3, 0.4) is 0 Å². The van der Waals surface area contributed by atoms with Gasteiger partial charge in [-0.25, -0.2) is 9.59 Å². The molecule has 8 heteroatoms. The molecule has 0 bridgehead atoms. The van der Waals surface area contributed by atoms with E-state index in [2.05, 4.69) is 9.47 Å². The Morgan fingerprint density at radius 2 is 2.06 bits per heavy atom. The maximum absolute atomic E-state index is 11.9. The fourth-order valence-corrected chi connectivity index (χ4v) is 1.18. The summed E-state index contributed by atoms with van der Waals surface area (Å²) in [5.41, 5.74) is -0.878. The average Bonchev–Trinajstić information content (AvgIpc) is 2.13. The van der Waals surface area contributed by atoms with Crippen molar-refractivity contribution < 1.29 is 38.4 Å². The van der Waals surface area contributed by atoms with Gasteiger partial charge < -0.3 is 19.3 Å². The van der Waals surface area contributed by atoms with Gasteiger partial charge in [0, 0.05) is 0 Å². The molecular weight excluding hydrogens is 248 g/mol. The second-order valence-electron chi connectivity index (χ2n) is 4.58. The van der Waals surface area contributed by atoms with Crippen LogP contribution in [0.1, 0.15) is 27.2 Å². The first kappa shape index (κ1) is 14.2. The minimum absolute atomic E-state index is 0.578. The van der Waals surface area contributed by atoms with Gasteiger partial charge in [-0.05, 0) is 20.8 Å². The van der Waals surface area contributed by atoms with E-state index in [0.717, 1.165) is 0 Å². The van der Waals surface area contributed by atoms with E-state index < -0.39 is 42.7 Å². The summed E-state index contributed by atoms with van der Waals surface area (Å²) in [4.78, 5) is 33.6. The number of carboxylic acids is 1. The molecule has 0 aromatic carbocycles. The SMILES string of the molecule is CC(C)(C)OC(=O)C1(CC(=O)O)OCOC(=O)O1. The van der Waals surface area contributed by atoms with Gasteiger partial charge in [0.25, 0.3) is 0 Å². The summed E-state index contributed by atoms with van der Waals surface area (Å²) in [5, 5.41) is 8.74. The number of carboxylic acid groups (broad SMARTS) is 1. The molecular formula is C10H14O8. The van der Waals surface area contributed by atoms with E-state index in [1.165, 1.54) is 0 Å². The van der Waals surface area contributed by atoms with Crippen molar-refractivity contribution in [3.8, 4) is 0 Å². The number of carbonyl (C=O) groups excluding carboxylic acids is 2. The lowest BCUT2D eigenvalue weighted by atomic mass is 10.1. The summed E-state index contributed by atoms with van der Waals surface area (Å²) in [5.74, 6) is -4.77. The van der Waals surface area contributed by atoms with Crippen molar-refractivity contribution >= 4 is 18.1 Å². The van der Waals surface area contributed by atoms with Gasteiger partial charge in [-0.2, -0.15) is 0 Å². The molecule has 0 saturated carbocycles. The van der Waals surface area contributed by atoms with E-state index in [1.807, 2.05) is 0 Å². The number of carbonyl (C=O) groups is 3. The van der Waals surface area contributed by atoms with Gasteiger partial charge in [-0.1, -0.05) is 0 Å². The molecule has 102 valence electrons. The zero-order valence-electron chi connectivity index (χ0n) is 10.2. The van der Waals surface area contributed by atoms with Gasteiger partial charge in [0.1, 0.15) is 12.0 Å². The quantitative estimate of drug-likeness (QED) is 0.738. The molecule has 1 atom stereocenters. The maximum Gasteiger partial charge on any atom is 0.513 e. The largest absolute Gasteiger partial charge is 0.513 e. The first-order valence-corrected chi connectivity index (χ1v) is 5.10. The highest BCUT2D eigenvalue weighted by molar-refractivity contribution is 5.86. The summed E-state index contributed by atoms with van der Waals surface area (Å²) in [6.45, 7) is 4.17. The van der Waals surface area contributed by atoms with Crippen LogP contribution in [0.15, 0.2) is 0 Å². The van der Waals surface area contributed by atoms with E-state index in [0.29, 0.717) is 0 Å². The number of ether oxygens (including phenoxy) is 4. The highest BCUT2D eigenvalue weighted by Crippen LogP contribution is 2.27. The van der Waals surface area contributed by atoms with Crippen LogP contribution in [0.4, 0.5) is 4.79 Å². The van der Waals surface area contributed by atoms with Crippen LogP contribution >= 0.6 is 0 Å². The van der Waals surface area contributed by atoms with Gasteiger partial charge in [-0.15, -0.1) is 0 Å². The Balaban J connectivity index is 2.93. The third-order valence-corrected chi connectivity index (χ3v) is 1.81. The number of aliphatic carboxylic acids is 1. The molecule has 1 aliphatic rings. The summed E-state index contributed by atoms with van der Waals surface area (Å²) in [6.07, 6.45) is -2.05. The number of hydrogen-bond acceptors (Lipinski definition) is 7. The highest BCUT2D eigenvalue weighted by atomic mass is 16.9. The second-order valence-corrected chi connectivity index (χ2v) is 4.58. The first-order valence-electron chi connectivity index (χ1n) is 5.10. The van der Waals surface area contributed by atoms with Gasteiger partial charge in [-0.3, -0.25) is 9.53 Å². The van der Waals surface area contributed by atoms with Crippen LogP contribution in [0, 0.1) is 0 Å². The van der Waals surface area contributed by atoms with Crippen LogP contribution in [0.5, 0.6) is 0 Å². The molecule has 1 N–H and O–H groups in total. The minimum Gasteiger partial charge on any atom is -0.481 e. The lowest BCUT2D eigenvalue weighted by Gasteiger charge is -2.34. The van der Waals surface area contributed by atoms with E-state index in [9.17, 15) is 14.4 Å². The molecule has 1 heterocycles. The lowest BCUT2D eigenvalue weighted by Crippen LogP contribution is -2.53. The van der Waals surface area contributed by atoms with E-state index in [1.54, 1.807) is 20.8 Å². The summed E-state index contributed by atoms with van der Waals surface area (Å²) < 4.78 is 18.7. The Morgan fingerprint density at radius 1 is 1.44 bits per heavy atom. The number of rotatable bonds is 3. The topological polar surface area (TPSA) is 108 Å². The zero-order valence-corrected chi connectivity index (χ0v) is 10.2. The van der Waals surface area contributed by atoms with E-state index in [-0.39, 0.29) is 0 Å². The predicted molar refractivity (Wildman–Crippen MR) is 54.3 cm³/mol. The van der Waals surface area contributed by atoms with Crippen molar-refractivity contribution in [2.75, 3.05) is 6.79 Å². The molecule has 0 spiro atoms. The average molecular weight is 262 g/mol. The van der Waals surface area contributed by atoms with Gasteiger partial charge in [0.05, 0.1) is 0 Å². The fraction of sp³-hybridized carbons (Fsp3) is 0.700. The Hall–Kier alpha value is -1.83. The van der Waals surface area contributed by atoms with Crippen LogP contribution in [0.2, 0.25) is 0 Å². The van der Waals surface area contributed by atoms with Crippen LogP contribution in [-0.2, 0) is 28.5 Å². The smallest absolute Gasteiger partial charge is 0.481 e. The van der Waals surface area contributed by atoms with Crippen molar-refractivity contribution in [1.29, 1.82) is 0 Å². The zero-order chi connectivity index (χ0) is 14.0. The molecule has 0 aromatic rings. The molecule has 1 rings (SSSR count). The molecule has 0 amide bonds. The molecule has 1 aliphatic heterocycles. The molecule has 0 radical (unpaired) electrons. The standard InChI is InChI=1S/C10H14O8/c1-9(2,3)17-7(13)10(4-6(11)12)16-5-15-8(14)18-10/h4-5H2,1-3H3,(H,11,12). The van der Waals surface area contributed by atoms with Gasteiger partial charge in [0.2, 0.25) is 6.79 Å². The summed E-state index contributed by atoms with van der Waals surface area (Å²) in [6, 6.07) is 0. The van der Waals surface area contributed by atoms with Crippen molar-refractivity contribution in [1.82, 2.24) is 0 Å². The van der Waals surface area contributed by atoms with Crippen LogP contribution in [0.25, 0.3) is 0 Å². The molecule has 18 heavy (non-hydrogen) atoms. The molecule has 1 saturated heterocycles. The van der Waals surface area contributed by atoms with Gasteiger partial charge >= 0.3 is 23.9 Å². The van der Waals surface area contributed by atoms with Crippen molar-refractivity contribution in [3.05, 3.63) is 0 Å². The monoisotopic (exact) mass is 262 g/mol. The Kier molecular flexibility index (Phi) is 3.80. The van der Waals surface area contributed by atoms with E-state index >= 15 is 0 Å². The number of hydrogen-bond donors (Lipinski definition) is 1. The van der Waals surface area contributed by atoms with Gasteiger partial charge in [0.15, 0.2) is 0 Å². The summed E-state index contributed by atoms with van der Waals surface area (Å²) >= 11 is 0.